The van der Waals surface area contributed by atoms with E-state index in [1.54, 1.807) is 6.07 Å². The average molecular weight is 339 g/mol. The van der Waals surface area contributed by atoms with Crippen molar-refractivity contribution in [1.29, 1.82) is 0 Å². The van der Waals surface area contributed by atoms with Crippen LogP contribution in [0.25, 0.3) is 10.9 Å². The number of aromatic amines is 1. The molecule has 1 aromatic carbocycles. The van der Waals surface area contributed by atoms with Crippen molar-refractivity contribution in [2.75, 3.05) is 13.1 Å². The molecular formula is C20H25N3O2. The first-order valence-electron chi connectivity index (χ1n) is 9.45. The quantitative estimate of drug-likeness (QED) is 0.880. The average Bonchev–Trinajstić information content (AvgIpc) is 3.29. The Morgan fingerprint density at radius 3 is 2.88 bits per heavy atom. The molecule has 2 heterocycles. The molecule has 2 aliphatic rings. The minimum absolute atomic E-state index is 0.102. The fourth-order valence-electron chi connectivity index (χ4n) is 3.89. The second kappa shape index (κ2) is 6.98. The van der Waals surface area contributed by atoms with E-state index < -0.39 is 0 Å². The molecule has 1 aliphatic heterocycles. The summed E-state index contributed by atoms with van der Waals surface area (Å²) in [5, 5.41) is 0.612. The van der Waals surface area contributed by atoms with Crippen molar-refractivity contribution in [2.45, 2.75) is 44.9 Å². The monoisotopic (exact) mass is 339 g/mol. The standard InChI is InChI=1S/C20H25N3O2/c24-19(23-11-10-15(13-23)12-14-8-9-14)7-3-6-18-21-17-5-2-1-4-16(17)20(25)22-18/h1-2,4-5,14-15H,3,6-13H2,(H,21,22,25)/t15-/m0/s1. The Hall–Kier alpha value is -2.17. The number of H-pyrrole nitrogens is 1. The lowest BCUT2D eigenvalue weighted by Gasteiger charge is -2.16. The highest BCUT2D eigenvalue weighted by Gasteiger charge is 2.31. The summed E-state index contributed by atoms with van der Waals surface area (Å²) in [7, 11) is 0. The zero-order chi connectivity index (χ0) is 17.2. The predicted octanol–water partition coefficient (Wildman–Crippen LogP) is 2.89. The number of rotatable bonds is 6. The van der Waals surface area contributed by atoms with Crippen molar-refractivity contribution < 1.29 is 4.79 Å². The molecule has 1 amide bonds. The first kappa shape index (κ1) is 16.3. The third-order valence-corrected chi connectivity index (χ3v) is 5.47. The summed E-state index contributed by atoms with van der Waals surface area (Å²) in [5.41, 5.74) is 0.615. The van der Waals surface area contributed by atoms with Crippen LogP contribution in [0, 0.1) is 11.8 Å². The number of para-hydroxylation sites is 1. The summed E-state index contributed by atoms with van der Waals surface area (Å²) in [4.78, 5) is 33.8. The van der Waals surface area contributed by atoms with Crippen molar-refractivity contribution in [3.05, 3.63) is 40.4 Å². The fourth-order valence-corrected chi connectivity index (χ4v) is 3.89. The van der Waals surface area contributed by atoms with E-state index in [2.05, 4.69) is 9.97 Å². The van der Waals surface area contributed by atoms with Gasteiger partial charge in [-0.3, -0.25) is 9.59 Å². The molecule has 2 fully saturated rings. The van der Waals surface area contributed by atoms with E-state index in [9.17, 15) is 9.59 Å². The number of nitrogens with one attached hydrogen (secondary N) is 1. The van der Waals surface area contributed by atoms with Gasteiger partial charge in [0, 0.05) is 25.9 Å². The highest BCUT2D eigenvalue weighted by molar-refractivity contribution is 5.77. The summed E-state index contributed by atoms with van der Waals surface area (Å²) >= 11 is 0. The molecule has 4 rings (SSSR count). The Morgan fingerprint density at radius 1 is 1.20 bits per heavy atom. The number of likely N-dealkylation sites (tertiary alicyclic amines) is 1. The summed E-state index contributed by atoms with van der Waals surface area (Å²) in [6.07, 6.45) is 7.15. The maximum absolute atomic E-state index is 12.4. The Labute approximate surface area is 147 Å². The molecule has 1 atom stereocenters. The van der Waals surface area contributed by atoms with Crippen LogP contribution in [-0.4, -0.2) is 33.9 Å². The molecule has 1 saturated heterocycles. The Kier molecular flexibility index (Phi) is 4.55. The first-order chi connectivity index (χ1) is 12.2. The summed E-state index contributed by atoms with van der Waals surface area (Å²) in [5.74, 6) is 2.58. The van der Waals surface area contributed by atoms with Gasteiger partial charge in [-0.05, 0) is 43.2 Å². The van der Waals surface area contributed by atoms with Gasteiger partial charge in [-0.1, -0.05) is 25.0 Å². The van der Waals surface area contributed by atoms with Crippen LogP contribution in [-0.2, 0) is 11.2 Å². The maximum atomic E-state index is 12.4. The lowest BCUT2D eigenvalue weighted by molar-refractivity contribution is -0.130. The van der Waals surface area contributed by atoms with Crippen molar-refractivity contribution >= 4 is 16.8 Å². The minimum atomic E-state index is -0.102. The molecule has 5 nitrogen and oxygen atoms in total. The molecule has 5 heteroatoms. The van der Waals surface area contributed by atoms with E-state index in [1.165, 1.54) is 25.7 Å². The first-order valence-corrected chi connectivity index (χ1v) is 9.45. The molecule has 1 aromatic heterocycles. The van der Waals surface area contributed by atoms with Crippen LogP contribution in [0.3, 0.4) is 0 Å². The minimum Gasteiger partial charge on any atom is -0.342 e. The number of aromatic nitrogens is 2. The van der Waals surface area contributed by atoms with E-state index in [1.807, 2.05) is 23.1 Å². The van der Waals surface area contributed by atoms with Gasteiger partial charge in [-0.15, -0.1) is 0 Å². The molecule has 1 aliphatic carbocycles. The number of benzene rings is 1. The molecule has 2 aromatic rings. The normalized spacial score (nSPS) is 20.3. The van der Waals surface area contributed by atoms with Gasteiger partial charge in [-0.2, -0.15) is 0 Å². The lowest BCUT2D eigenvalue weighted by Crippen LogP contribution is -2.28. The molecule has 1 saturated carbocycles. The molecule has 0 bridgehead atoms. The van der Waals surface area contributed by atoms with Gasteiger partial charge in [0.1, 0.15) is 5.82 Å². The number of hydrogen-bond donors (Lipinski definition) is 1. The van der Waals surface area contributed by atoms with Crippen LogP contribution in [0.15, 0.2) is 29.1 Å². The predicted molar refractivity (Wildman–Crippen MR) is 97.3 cm³/mol. The summed E-state index contributed by atoms with van der Waals surface area (Å²) in [6.45, 7) is 1.86. The third kappa shape index (κ3) is 3.91. The number of carbonyl (C=O) groups is 1. The van der Waals surface area contributed by atoms with Crippen LogP contribution >= 0.6 is 0 Å². The van der Waals surface area contributed by atoms with Crippen LogP contribution < -0.4 is 5.56 Å². The van der Waals surface area contributed by atoms with Crippen molar-refractivity contribution in [1.82, 2.24) is 14.9 Å². The smallest absolute Gasteiger partial charge is 0.258 e. The van der Waals surface area contributed by atoms with E-state index in [-0.39, 0.29) is 11.5 Å². The van der Waals surface area contributed by atoms with Gasteiger partial charge in [0.05, 0.1) is 10.9 Å². The van der Waals surface area contributed by atoms with Crippen molar-refractivity contribution in [3.8, 4) is 0 Å². The largest absolute Gasteiger partial charge is 0.342 e. The second-order valence-electron chi connectivity index (χ2n) is 7.56. The highest BCUT2D eigenvalue weighted by Crippen LogP contribution is 2.37. The van der Waals surface area contributed by atoms with Crippen LogP contribution in [0.1, 0.15) is 44.3 Å². The number of aryl methyl sites for hydroxylation is 1. The van der Waals surface area contributed by atoms with Crippen LogP contribution in [0.4, 0.5) is 0 Å². The number of fused-ring (bicyclic) bond motifs is 1. The summed E-state index contributed by atoms with van der Waals surface area (Å²) in [6, 6.07) is 7.35. The topological polar surface area (TPSA) is 66.1 Å². The molecule has 132 valence electrons. The van der Waals surface area contributed by atoms with Gasteiger partial charge in [0.25, 0.3) is 5.56 Å². The van der Waals surface area contributed by atoms with Gasteiger partial charge in [-0.25, -0.2) is 4.98 Å². The Balaban J connectivity index is 1.29. The number of nitrogens with zero attached hydrogens (tertiary/aromatic N) is 2. The number of carbonyl (C=O) groups excluding carboxylic acids is 1. The fraction of sp³-hybridized carbons (Fsp3) is 0.550. The maximum Gasteiger partial charge on any atom is 0.258 e. The van der Waals surface area contributed by atoms with E-state index >= 15 is 0 Å². The second-order valence-corrected chi connectivity index (χ2v) is 7.56. The third-order valence-electron chi connectivity index (χ3n) is 5.47. The molecule has 0 spiro atoms. The number of amides is 1. The van der Waals surface area contributed by atoms with Crippen molar-refractivity contribution in [2.24, 2.45) is 11.8 Å². The molecular weight excluding hydrogens is 314 g/mol. The molecule has 0 radical (unpaired) electrons. The van der Waals surface area contributed by atoms with Crippen LogP contribution in [0.5, 0.6) is 0 Å². The highest BCUT2D eigenvalue weighted by atomic mass is 16.2. The van der Waals surface area contributed by atoms with Crippen LogP contribution in [0.2, 0.25) is 0 Å². The zero-order valence-electron chi connectivity index (χ0n) is 14.5. The van der Waals surface area contributed by atoms with E-state index in [4.69, 9.17) is 0 Å². The Morgan fingerprint density at radius 2 is 2.04 bits per heavy atom. The molecule has 1 N–H and O–H groups in total. The van der Waals surface area contributed by atoms with E-state index in [0.29, 0.717) is 24.1 Å². The number of hydrogen-bond acceptors (Lipinski definition) is 3. The van der Waals surface area contributed by atoms with Gasteiger partial charge in [0.15, 0.2) is 0 Å². The Bertz CT molecular complexity index is 825. The van der Waals surface area contributed by atoms with Gasteiger partial charge >= 0.3 is 0 Å². The SMILES string of the molecule is O=C(CCCc1nc2ccccc2c(=O)[nH]1)N1CC[C@@H](CC2CC2)C1. The van der Waals surface area contributed by atoms with Crippen molar-refractivity contribution in [3.63, 3.8) is 0 Å². The molecule has 25 heavy (non-hydrogen) atoms. The lowest BCUT2D eigenvalue weighted by atomic mass is 10.0. The summed E-state index contributed by atoms with van der Waals surface area (Å²) < 4.78 is 0. The van der Waals surface area contributed by atoms with E-state index in [0.717, 1.165) is 36.9 Å². The molecule has 0 unspecified atom stereocenters. The van der Waals surface area contributed by atoms with Gasteiger partial charge < -0.3 is 9.88 Å². The van der Waals surface area contributed by atoms with Gasteiger partial charge in [0.2, 0.25) is 5.91 Å². The zero-order valence-corrected chi connectivity index (χ0v) is 14.5.